The first-order chi connectivity index (χ1) is 12.5. The molecule has 1 saturated carbocycles. The maximum atomic E-state index is 13.0. The fourth-order valence-electron chi connectivity index (χ4n) is 3.94. The Kier molecular flexibility index (Phi) is 4.62. The van der Waals surface area contributed by atoms with Crippen molar-refractivity contribution in [1.82, 2.24) is 14.5 Å². The van der Waals surface area contributed by atoms with E-state index in [1.807, 2.05) is 4.90 Å². The Morgan fingerprint density at radius 2 is 1.96 bits per heavy atom. The lowest BCUT2D eigenvalue weighted by Crippen LogP contribution is -2.42. The van der Waals surface area contributed by atoms with Gasteiger partial charge < -0.3 is 14.7 Å². The van der Waals surface area contributed by atoms with Crippen molar-refractivity contribution in [2.24, 2.45) is 11.8 Å². The van der Waals surface area contributed by atoms with Crippen molar-refractivity contribution in [1.29, 1.82) is 0 Å². The van der Waals surface area contributed by atoms with Crippen LogP contribution in [0, 0.1) is 24.6 Å². The zero-order valence-electron chi connectivity index (χ0n) is 14.3. The first kappa shape index (κ1) is 17.4. The number of aliphatic hydroxyl groups excluding tert-OH is 1. The van der Waals surface area contributed by atoms with E-state index in [-0.39, 0.29) is 29.7 Å². The van der Waals surface area contributed by atoms with Gasteiger partial charge in [-0.2, -0.15) is 0 Å². The topological polar surface area (TPSA) is 75.6 Å². The van der Waals surface area contributed by atoms with Crippen molar-refractivity contribution >= 4 is 17.4 Å². The largest absolute Gasteiger partial charge is 0.488 e. The molecule has 26 heavy (non-hydrogen) atoms. The molecule has 1 aromatic carbocycles. The van der Waals surface area contributed by atoms with Gasteiger partial charge in [0.1, 0.15) is 22.5 Å². The Morgan fingerprint density at radius 1 is 1.27 bits per heavy atom. The Morgan fingerprint density at radius 3 is 2.62 bits per heavy atom. The molecule has 6 nitrogen and oxygen atoms in total. The van der Waals surface area contributed by atoms with Gasteiger partial charge in [0.2, 0.25) is 0 Å². The SMILES string of the molecule is Cc1nnsc1C(=O)N1C[C@H]2C[C@@H](Oc3ccc(F)cc3)[C@H](O)C[C@H]2C1. The lowest BCUT2D eigenvalue weighted by Gasteiger charge is -2.35. The van der Waals surface area contributed by atoms with Gasteiger partial charge in [-0.1, -0.05) is 4.49 Å². The zero-order chi connectivity index (χ0) is 18.3. The molecule has 0 bridgehead atoms. The molecule has 8 heteroatoms. The number of carbonyl (C=O) groups excluding carboxylic acids is 1. The summed E-state index contributed by atoms with van der Waals surface area (Å²) >= 11 is 1.12. The number of aliphatic hydroxyl groups is 1. The number of benzene rings is 1. The maximum Gasteiger partial charge on any atom is 0.267 e. The van der Waals surface area contributed by atoms with Gasteiger partial charge in [-0.25, -0.2) is 4.39 Å². The van der Waals surface area contributed by atoms with E-state index >= 15 is 0 Å². The molecule has 1 aromatic heterocycles. The van der Waals surface area contributed by atoms with Gasteiger partial charge in [0, 0.05) is 13.1 Å². The van der Waals surface area contributed by atoms with Crippen molar-refractivity contribution in [2.75, 3.05) is 13.1 Å². The van der Waals surface area contributed by atoms with Crippen molar-refractivity contribution < 1.29 is 19.0 Å². The number of hydrogen-bond acceptors (Lipinski definition) is 6. The summed E-state index contributed by atoms with van der Waals surface area (Å²) in [5.41, 5.74) is 0.660. The van der Waals surface area contributed by atoms with E-state index in [2.05, 4.69) is 9.59 Å². The highest BCUT2D eigenvalue weighted by atomic mass is 32.1. The average molecular weight is 377 g/mol. The number of hydrogen-bond donors (Lipinski definition) is 1. The number of rotatable bonds is 3. The average Bonchev–Trinajstić information content (AvgIpc) is 3.22. The summed E-state index contributed by atoms with van der Waals surface area (Å²) in [7, 11) is 0. The Labute approximate surface area is 154 Å². The number of aromatic nitrogens is 2. The first-order valence-corrected chi connectivity index (χ1v) is 9.47. The minimum absolute atomic E-state index is 0.0302. The summed E-state index contributed by atoms with van der Waals surface area (Å²) in [4.78, 5) is 15.1. The third-order valence-electron chi connectivity index (χ3n) is 5.32. The molecule has 0 radical (unpaired) electrons. The molecule has 4 atom stereocenters. The highest BCUT2D eigenvalue weighted by Crippen LogP contribution is 2.38. The van der Waals surface area contributed by atoms with Gasteiger partial charge in [-0.05, 0) is 67.4 Å². The van der Waals surface area contributed by atoms with E-state index in [4.69, 9.17) is 4.74 Å². The van der Waals surface area contributed by atoms with Crippen LogP contribution in [0.25, 0.3) is 0 Å². The fraction of sp³-hybridized carbons (Fsp3) is 0.500. The maximum absolute atomic E-state index is 13.0. The van der Waals surface area contributed by atoms with Crippen LogP contribution in [0.5, 0.6) is 5.75 Å². The zero-order valence-corrected chi connectivity index (χ0v) is 15.2. The molecule has 1 saturated heterocycles. The number of fused-ring (bicyclic) bond motifs is 1. The van der Waals surface area contributed by atoms with Gasteiger partial charge in [0.25, 0.3) is 5.91 Å². The van der Waals surface area contributed by atoms with E-state index in [0.717, 1.165) is 11.5 Å². The summed E-state index contributed by atoms with van der Waals surface area (Å²) < 4.78 is 22.8. The predicted molar refractivity (Wildman–Crippen MR) is 93.6 cm³/mol. The Bertz CT molecular complexity index is 797. The quantitative estimate of drug-likeness (QED) is 0.888. The third kappa shape index (κ3) is 3.31. The fourth-order valence-corrected chi connectivity index (χ4v) is 4.57. The van der Waals surface area contributed by atoms with Crippen LogP contribution in [0.4, 0.5) is 4.39 Å². The van der Waals surface area contributed by atoms with Crippen molar-refractivity contribution in [3.8, 4) is 5.75 Å². The minimum atomic E-state index is -0.594. The van der Waals surface area contributed by atoms with Crippen molar-refractivity contribution in [2.45, 2.75) is 32.0 Å². The second-order valence-corrected chi connectivity index (χ2v) is 7.82. The summed E-state index contributed by atoms with van der Waals surface area (Å²) in [6.45, 7) is 3.08. The van der Waals surface area contributed by atoms with E-state index < -0.39 is 6.10 Å². The standard InChI is InChI=1S/C18H20FN3O3S/c1-10-17(26-21-20-10)18(24)22-8-11-6-15(23)16(7-12(11)9-22)25-14-4-2-13(19)3-5-14/h2-5,11-12,15-16,23H,6-9H2,1H3/t11-,12+,15+,16+/m0/s1. The number of carbonyl (C=O) groups is 1. The molecule has 2 aliphatic rings. The first-order valence-electron chi connectivity index (χ1n) is 8.70. The van der Waals surface area contributed by atoms with Crippen LogP contribution >= 0.6 is 11.5 Å². The monoisotopic (exact) mass is 377 g/mol. The molecule has 2 aromatic rings. The van der Waals surface area contributed by atoms with E-state index in [0.29, 0.717) is 42.3 Å². The van der Waals surface area contributed by atoms with Crippen molar-refractivity contribution in [3.05, 3.63) is 40.7 Å². The number of ether oxygens (including phenoxy) is 1. The van der Waals surface area contributed by atoms with E-state index in [1.54, 1.807) is 19.1 Å². The summed E-state index contributed by atoms with van der Waals surface area (Å²) in [5, 5.41) is 14.4. The molecule has 1 amide bonds. The molecule has 1 aliphatic heterocycles. The number of likely N-dealkylation sites (tertiary alicyclic amines) is 1. The molecule has 138 valence electrons. The molecule has 4 rings (SSSR count). The van der Waals surface area contributed by atoms with Gasteiger partial charge in [-0.15, -0.1) is 5.10 Å². The smallest absolute Gasteiger partial charge is 0.267 e. The van der Waals surface area contributed by atoms with Crippen LogP contribution in [0.2, 0.25) is 0 Å². The second kappa shape index (κ2) is 6.92. The summed E-state index contributed by atoms with van der Waals surface area (Å²) in [6, 6.07) is 5.82. The van der Waals surface area contributed by atoms with E-state index in [9.17, 15) is 14.3 Å². The van der Waals surface area contributed by atoms with Gasteiger partial charge >= 0.3 is 0 Å². The van der Waals surface area contributed by atoms with Gasteiger partial charge in [-0.3, -0.25) is 4.79 Å². The van der Waals surface area contributed by atoms with Crippen LogP contribution in [0.1, 0.15) is 28.2 Å². The lowest BCUT2D eigenvalue weighted by molar-refractivity contribution is -0.0231. The summed E-state index contributed by atoms with van der Waals surface area (Å²) in [5.74, 6) is 0.750. The number of aryl methyl sites for hydroxylation is 1. The Balaban J connectivity index is 1.42. The normalized spacial score (nSPS) is 28.0. The summed E-state index contributed by atoms with van der Waals surface area (Å²) in [6.07, 6.45) is 0.333. The van der Waals surface area contributed by atoms with Crippen LogP contribution in [-0.2, 0) is 0 Å². The van der Waals surface area contributed by atoms with Gasteiger partial charge in [0.15, 0.2) is 0 Å². The molecule has 0 unspecified atom stereocenters. The molecule has 1 N–H and O–H groups in total. The van der Waals surface area contributed by atoms with Crippen molar-refractivity contribution in [3.63, 3.8) is 0 Å². The number of amides is 1. The lowest BCUT2D eigenvalue weighted by atomic mass is 9.78. The highest BCUT2D eigenvalue weighted by Gasteiger charge is 2.44. The van der Waals surface area contributed by atoms with Crippen LogP contribution in [-0.4, -0.2) is 50.8 Å². The van der Waals surface area contributed by atoms with E-state index in [1.165, 1.54) is 12.1 Å². The molecular weight excluding hydrogens is 357 g/mol. The third-order valence-corrected chi connectivity index (χ3v) is 6.13. The van der Waals surface area contributed by atoms with Crippen LogP contribution < -0.4 is 4.74 Å². The van der Waals surface area contributed by atoms with Crippen LogP contribution in [0.3, 0.4) is 0 Å². The number of nitrogens with zero attached hydrogens (tertiary/aromatic N) is 3. The molecule has 1 aliphatic carbocycles. The molecule has 2 fully saturated rings. The van der Waals surface area contributed by atoms with Crippen LogP contribution in [0.15, 0.2) is 24.3 Å². The Hall–Kier alpha value is -2.06. The molecule has 0 spiro atoms. The predicted octanol–water partition coefficient (Wildman–Crippen LogP) is 2.28. The highest BCUT2D eigenvalue weighted by molar-refractivity contribution is 7.07. The van der Waals surface area contributed by atoms with Gasteiger partial charge in [0.05, 0.1) is 11.8 Å². The minimum Gasteiger partial charge on any atom is -0.488 e. The molecule has 2 heterocycles. The molecular formula is C18H20FN3O3S. The number of halogens is 1. The second-order valence-electron chi connectivity index (χ2n) is 7.07.